The van der Waals surface area contributed by atoms with E-state index in [2.05, 4.69) is 33.5 Å². The molecular weight excluding hydrogens is 451 g/mol. The summed E-state index contributed by atoms with van der Waals surface area (Å²) in [6, 6.07) is 9.39. The topological polar surface area (TPSA) is 42.5 Å². The summed E-state index contributed by atoms with van der Waals surface area (Å²) in [6.45, 7) is 6.20. The van der Waals surface area contributed by atoms with Gasteiger partial charge in [-0.1, -0.05) is 36.2 Å². The molecule has 0 fully saturated rings. The predicted octanol–water partition coefficient (Wildman–Crippen LogP) is 5.43. The minimum atomic E-state index is 0.326. The smallest absolute Gasteiger partial charge is 0.175 e. The molecule has 2 N–H and O–H groups in total. The van der Waals surface area contributed by atoms with Gasteiger partial charge < -0.3 is 20.1 Å². The molecule has 0 atom stereocenters. The van der Waals surface area contributed by atoms with E-state index in [9.17, 15) is 0 Å². The summed E-state index contributed by atoms with van der Waals surface area (Å²) in [5, 5.41) is 7.94. The normalized spacial score (nSPS) is 10.9. The van der Waals surface area contributed by atoms with Crippen LogP contribution in [0.5, 0.6) is 11.5 Å². The summed E-state index contributed by atoms with van der Waals surface area (Å²) in [4.78, 5) is 0. The van der Waals surface area contributed by atoms with Crippen LogP contribution in [-0.4, -0.2) is 26.7 Å². The number of ether oxygens (including phenoxy) is 2. The summed E-state index contributed by atoms with van der Waals surface area (Å²) < 4.78 is 12.3. The molecular formula is C20H25BrCl2N2O2. The summed E-state index contributed by atoms with van der Waals surface area (Å²) in [7, 11) is 1.64. The molecule has 0 spiro atoms. The largest absolute Gasteiger partial charge is 0.493 e. The van der Waals surface area contributed by atoms with Crippen molar-refractivity contribution in [1.29, 1.82) is 0 Å². The van der Waals surface area contributed by atoms with E-state index in [0.717, 1.165) is 48.2 Å². The standard InChI is InChI=1S/C20H25BrCl2N2O2/c1-3-24-7-4-8-25-12-14-9-17(21)20(19(10-14)26-2)27-13-15-5-6-16(22)11-18(15)23/h5-6,9-11,24-25H,3-4,7-8,12-13H2,1-2H3. The predicted molar refractivity (Wildman–Crippen MR) is 116 cm³/mol. The van der Waals surface area contributed by atoms with E-state index >= 15 is 0 Å². The Kier molecular flexibility index (Phi) is 9.73. The third-order valence-electron chi connectivity index (χ3n) is 3.96. The SMILES string of the molecule is CCNCCCNCc1cc(Br)c(OCc2ccc(Cl)cc2Cl)c(OC)c1. The fraction of sp³-hybridized carbons (Fsp3) is 0.400. The van der Waals surface area contributed by atoms with Crippen molar-refractivity contribution in [3.8, 4) is 11.5 Å². The number of hydrogen-bond donors (Lipinski definition) is 2. The van der Waals surface area contributed by atoms with Crippen LogP contribution in [0.15, 0.2) is 34.8 Å². The van der Waals surface area contributed by atoms with Crippen molar-refractivity contribution in [2.24, 2.45) is 0 Å². The molecule has 4 nitrogen and oxygen atoms in total. The Morgan fingerprint density at radius 3 is 2.56 bits per heavy atom. The molecule has 0 amide bonds. The van der Waals surface area contributed by atoms with E-state index in [1.807, 2.05) is 18.2 Å². The first kappa shape index (κ1) is 22.3. The van der Waals surface area contributed by atoms with Gasteiger partial charge in [0, 0.05) is 22.2 Å². The number of hydrogen-bond acceptors (Lipinski definition) is 4. The van der Waals surface area contributed by atoms with Crippen molar-refractivity contribution >= 4 is 39.1 Å². The van der Waals surface area contributed by atoms with Gasteiger partial charge in [0.25, 0.3) is 0 Å². The lowest BCUT2D eigenvalue weighted by Gasteiger charge is -2.15. The molecule has 2 aromatic rings. The zero-order valence-corrected chi connectivity index (χ0v) is 18.7. The third kappa shape index (κ3) is 7.16. The van der Waals surface area contributed by atoms with Gasteiger partial charge in [-0.05, 0) is 71.8 Å². The highest BCUT2D eigenvalue weighted by molar-refractivity contribution is 9.10. The van der Waals surface area contributed by atoms with Crippen LogP contribution in [-0.2, 0) is 13.2 Å². The molecule has 7 heteroatoms. The fourth-order valence-corrected chi connectivity index (χ4v) is 3.62. The van der Waals surface area contributed by atoms with Gasteiger partial charge >= 0.3 is 0 Å². The number of rotatable bonds is 11. The Balaban J connectivity index is 1.98. The van der Waals surface area contributed by atoms with Crippen molar-refractivity contribution in [2.45, 2.75) is 26.5 Å². The van der Waals surface area contributed by atoms with E-state index in [1.165, 1.54) is 0 Å². The molecule has 27 heavy (non-hydrogen) atoms. The summed E-state index contributed by atoms with van der Waals surface area (Å²) in [5.74, 6) is 1.33. The van der Waals surface area contributed by atoms with E-state index < -0.39 is 0 Å². The van der Waals surface area contributed by atoms with Crippen LogP contribution in [0.4, 0.5) is 0 Å². The van der Waals surface area contributed by atoms with E-state index in [0.29, 0.717) is 28.2 Å². The number of benzene rings is 2. The highest BCUT2D eigenvalue weighted by Crippen LogP contribution is 2.37. The first-order valence-electron chi connectivity index (χ1n) is 8.89. The lowest BCUT2D eigenvalue weighted by molar-refractivity contribution is 0.282. The Morgan fingerprint density at radius 2 is 1.85 bits per heavy atom. The maximum Gasteiger partial charge on any atom is 0.175 e. The summed E-state index contributed by atoms with van der Waals surface area (Å²) in [6.07, 6.45) is 1.09. The maximum atomic E-state index is 6.22. The second kappa shape index (κ2) is 11.8. The van der Waals surface area contributed by atoms with Gasteiger partial charge in [0.15, 0.2) is 11.5 Å². The van der Waals surface area contributed by atoms with Crippen LogP contribution in [0.1, 0.15) is 24.5 Å². The molecule has 0 saturated carbocycles. The number of nitrogens with one attached hydrogen (secondary N) is 2. The van der Waals surface area contributed by atoms with Crippen LogP contribution in [0.25, 0.3) is 0 Å². The molecule has 0 aliphatic heterocycles. The van der Waals surface area contributed by atoms with Crippen molar-refractivity contribution in [2.75, 3.05) is 26.7 Å². The first-order chi connectivity index (χ1) is 13.0. The van der Waals surface area contributed by atoms with Crippen LogP contribution in [0, 0.1) is 0 Å². The summed E-state index contributed by atoms with van der Waals surface area (Å²) >= 11 is 15.7. The van der Waals surface area contributed by atoms with Gasteiger partial charge in [-0.3, -0.25) is 0 Å². The highest BCUT2D eigenvalue weighted by Gasteiger charge is 2.13. The molecule has 0 saturated heterocycles. The lowest BCUT2D eigenvalue weighted by Crippen LogP contribution is -2.21. The van der Waals surface area contributed by atoms with Gasteiger partial charge in [0.1, 0.15) is 6.61 Å². The molecule has 0 aromatic heterocycles. The van der Waals surface area contributed by atoms with Crippen LogP contribution >= 0.6 is 39.1 Å². The molecule has 0 radical (unpaired) electrons. The van der Waals surface area contributed by atoms with Crippen LogP contribution < -0.4 is 20.1 Å². The maximum absolute atomic E-state index is 6.22. The van der Waals surface area contributed by atoms with Crippen LogP contribution in [0.3, 0.4) is 0 Å². The zero-order chi connectivity index (χ0) is 19.6. The molecule has 2 rings (SSSR count). The average Bonchev–Trinajstić information content (AvgIpc) is 2.64. The zero-order valence-electron chi connectivity index (χ0n) is 15.6. The summed E-state index contributed by atoms with van der Waals surface area (Å²) in [5.41, 5.74) is 1.99. The minimum Gasteiger partial charge on any atom is -0.493 e. The first-order valence-corrected chi connectivity index (χ1v) is 10.4. The molecule has 0 heterocycles. The van der Waals surface area contributed by atoms with Gasteiger partial charge in [0.05, 0.1) is 11.6 Å². The Hall–Kier alpha value is -0.980. The molecule has 148 valence electrons. The van der Waals surface area contributed by atoms with Gasteiger partial charge in [-0.2, -0.15) is 0 Å². The van der Waals surface area contributed by atoms with Crippen LogP contribution in [0.2, 0.25) is 10.0 Å². The van der Waals surface area contributed by atoms with Crippen molar-refractivity contribution < 1.29 is 9.47 Å². The monoisotopic (exact) mass is 474 g/mol. The Bertz CT molecular complexity index is 744. The fourth-order valence-electron chi connectivity index (χ4n) is 2.55. The Morgan fingerprint density at radius 1 is 1.07 bits per heavy atom. The molecule has 0 aliphatic carbocycles. The van der Waals surface area contributed by atoms with Gasteiger partial charge in [0.2, 0.25) is 0 Å². The Labute approximate surface area is 179 Å². The molecule has 0 bridgehead atoms. The van der Waals surface area contributed by atoms with Crippen molar-refractivity contribution in [3.63, 3.8) is 0 Å². The second-order valence-corrected chi connectivity index (χ2v) is 7.72. The van der Waals surface area contributed by atoms with E-state index in [1.54, 1.807) is 19.2 Å². The molecule has 2 aromatic carbocycles. The van der Waals surface area contributed by atoms with Gasteiger partial charge in [-0.25, -0.2) is 0 Å². The minimum absolute atomic E-state index is 0.326. The van der Waals surface area contributed by atoms with Crippen molar-refractivity contribution in [1.82, 2.24) is 10.6 Å². The molecule has 0 unspecified atom stereocenters. The van der Waals surface area contributed by atoms with Gasteiger partial charge in [-0.15, -0.1) is 0 Å². The third-order valence-corrected chi connectivity index (χ3v) is 5.14. The molecule has 0 aliphatic rings. The second-order valence-electron chi connectivity index (χ2n) is 6.02. The van der Waals surface area contributed by atoms with Crippen molar-refractivity contribution in [3.05, 3.63) is 56.0 Å². The average molecular weight is 476 g/mol. The van der Waals surface area contributed by atoms with E-state index in [-0.39, 0.29) is 0 Å². The number of methoxy groups -OCH3 is 1. The quantitative estimate of drug-likeness (QED) is 0.425. The lowest BCUT2D eigenvalue weighted by atomic mass is 10.2. The highest BCUT2D eigenvalue weighted by atomic mass is 79.9. The van der Waals surface area contributed by atoms with E-state index in [4.69, 9.17) is 32.7 Å². The number of halogens is 3.